The van der Waals surface area contributed by atoms with E-state index in [0.29, 0.717) is 5.01 Å². The van der Waals surface area contributed by atoms with Crippen LogP contribution in [0.4, 0.5) is 0 Å². The number of carbonyl (C=O) groups is 1. The van der Waals surface area contributed by atoms with Crippen molar-refractivity contribution >= 4 is 27.5 Å². The Kier molecular flexibility index (Phi) is 6.06. The van der Waals surface area contributed by atoms with E-state index < -0.39 is 22.2 Å². The lowest BCUT2D eigenvalue weighted by molar-refractivity contribution is -0.140. The fourth-order valence-corrected chi connectivity index (χ4v) is 3.35. The topological polar surface area (TPSA) is 88.6 Å². The van der Waals surface area contributed by atoms with Crippen LogP contribution in [0.1, 0.15) is 30.1 Å². The molecule has 9 heteroatoms. The summed E-state index contributed by atoms with van der Waals surface area (Å²) in [7, 11) is -0.986. The molecule has 0 fully saturated rings. The first-order chi connectivity index (χ1) is 9.26. The number of nitrogens with one attached hydrogen (secondary N) is 1. The summed E-state index contributed by atoms with van der Waals surface area (Å²) >= 11 is 1.40. The minimum absolute atomic E-state index is 0.0126. The number of thiazole rings is 1. The number of ether oxygens (including phenoxy) is 1. The molecule has 114 valence electrons. The molecule has 0 aliphatic heterocycles. The van der Waals surface area contributed by atoms with Crippen molar-refractivity contribution in [1.82, 2.24) is 14.0 Å². The van der Waals surface area contributed by atoms with E-state index in [1.807, 2.05) is 12.3 Å². The maximum Gasteiger partial charge on any atom is 0.306 e. The van der Waals surface area contributed by atoms with Crippen molar-refractivity contribution in [3.8, 4) is 0 Å². The molecule has 0 aromatic carbocycles. The van der Waals surface area contributed by atoms with E-state index in [1.165, 1.54) is 25.5 Å². The second kappa shape index (κ2) is 7.11. The number of hydrogen-bond donors (Lipinski definition) is 1. The minimum atomic E-state index is -3.66. The van der Waals surface area contributed by atoms with E-state index in [9.17, 15) is 13.2 Å². The van der Waals surface area contributed by atoms with Gasteiger partial charge >= 0.3 is 5.97 Å². The second-order valence-corrected chi connectivity index (χ2v) is 7.02. The van der Waals surface area contributed by atoms with Gasteiger partial charge in [0.15, 0.2) is 0 Å². The Hall–Kier alpha value is -1.03. The molecule has 0 bridgehead atoms. The summed E-state index contributed by atoms with van der Waals surface area (Å²) in [5, 5.41) is 2.56. The van der Waals surface area contributed by atoms with Crippen molar-refractivity contribution in [2.24, 2.45) is 0 Å². The van der Waals surface area contributed by atoms with Crippen LogP contribution in [0.15, 0.2) is 5.38 Å². The Bertz CT molecular complexity index is 556. The Balaban J connectivity index is 2.62. The molecule has 0 radical (unpaired) electrons. The largest absolute Gasteiger partial charge is 0.469 e. The summed E-state index contributed by atoms with van der Waals surface area (Å²) in [6.45, 7) is 3.64. The molecule has 0 spiro atoms. The van der Waals surface area contributed by atoms with Gasteiger partial charge in [0.05, 0.1) is 19.6 Å². The van der Waals surface area contributed by atoms with Crippen LogP contribution in [0.5, 0.6) is 0 Å². The minimum Gasteiger partial charge on any atom is -0.469 e. The van der Waals surface area contributed by atoms with E-state index in [2.05, 4.69) is 14.4 Å². The summed E-state index contributed by atoms with van der Waals surface area (Å²) in [6.07, 6.45) is 0.0126. The number of nitrogens with zero attached hydrogens (tertiary/aromatic N) is 2. The molecule has 1 heterocycles. The van der Waals surface area contributed by atoms with Gasteiger partial charge in [0, 0.05) is 24.7 Å². The average molecular weight is 321 g/mol. The second-order valence-electron chi connectivity index (χ2n) is 4.32. The van der Waals surface area contributed by atoms with Gasteiger partial charge in [0.1, 0.15) is 5.01 Å². The molecule has 0 amide bonds. The summed E-state index contributed by atoms with van der Waals surface area (Å²) in [5.74, 6) is -0.448. The molecule has 1 atom stereocenters. The normalized spacial score (nSPS) is 13.4. The van der Waals surface area contributed by atoms with Gasteiger partial charge in [-0.05, 0) is 13.8 Å². The number of aryl methyl sites for hydroxylation is 1. The van der Waals surface area contributed by atoms with Crippen LogP contribution in [0.25, 0.3) is 0 Å². The predicted molar refractivity (Wildman–Crippen MR) is 76.6 cm³/mol. The molecule has 1 rings (SSSR count). The van der Waals surface area contributed by atoms with Crippen molar-refractivity contribution in [2.45, 2.75) is 26.3 Å². The number of aromatic nitrogens is 1. The maximum atomic E-state index is 12.1. The zero-order chi connectivity index (χ0) is 15.3. The summed E-state index contributed by atoms with van der Waals surface area (Å²) in [6, 6.07) is -0.417. The third-order valence-corrected chi connectivity index (χ3v) is 5.40. The molecular formula is C11H19N3O4S2. The molecule has 1 unspecified atom stereocenters. The Morgan fingerprint density at radius 1 is 1.60 bits per heavy atom. The maximum absolute atomic E-state index is 12.1. The molecule has 0 aliphatic rings. The molecule has 0 saturated carbocycles. The number of methoxy groups -OCH3 is 1. The molecule has 0 aliphatic carbocycles. The lowest BCUT2D eigenvalue weighted by atomic mass is 10.4. The Morgan fingerprint density at radius 2 is 2.25 bits per heavy atom. The lowest BCUT2D eigenvalue weighted by Crippen LogP contribution is -2.40. The van der Waals surface area contributed by atoms with E-state index >= 15 is 0 Å². The van der Waals surface area contributed by atoms with Crippen LogP contribution in [-0.2, 0) is 19.7 Å². The summed E-state index contributed by atoms with van der Waals surface area (Å²) < 4.78 is 32.2. The molecule has 0 saturated heterocycles. The monoisotopic (exact) mass is 321 g/mol. The van der Waals surface area contributed by atoms with Crippen molar-refractivity contribution in [1.29, 1.82) is 0 Å². The zero-order valence-electron chi connectivity index (χ0n) is 11.9. The van der Waals surface area contributed by atoms with Crippen LogP contribution >= 0.6 is 11.3 Å². The number of hydrogen-bond acceptors (Lipinski definition) is 6. The van der Waals surface area contributed by atoms with Crippen LogP contribution in [0.3, 0.4) is 0 Å². The van der Waals surface area contributed by atoms with Crippen molar-refractivity contribution < 1.29 is 17.9 Å². The highest BCUT2D eigenvalue weighted by atomic mass is 32.2. The third kappa shape index (κ3) is 4.82. The molecular weight excluding hydrogens is 302 g/mol. The smallest absolute Gasteiger partial charge is 0.306 e. The fourth-order valence-electron chi connectivity index (χ4n) is 1.41. The SMILES string of the molecule is COC(=O)CCN(C)S(=O)(=O)NC(C)c1nc(C)cs1. The van der Waals surface area contributed by atoms with Crippen LogP contribution in [0.2, 0.25) is 0 Å². The molecule has 20 heavy (non-hydrogen) atoms. The van der Waals surface area contributed by atoms with Crippen LogP contribution in [-0.4, -0.2) is 44.4 Å². The summed E-state index contributed by atoms with van der Waals surface area (Å²) in [5.41, 5.74) is 0.857. The van der Waals surface area contributed by atoms with Gasteiger partial charge in [0.25, 0.3) is 10.2 Å². The van der Waals surface area contributed by atoms with Gasteiger partial charge in [-0.25, -0.2) is 4.98 Å². The van der Waals surface area contributed by atoms with Gasteiger partial charge in [-0.15, -0.1) is 11.3 Å². The van der Waals surface area contributed by atoms with Gasteiger partial charge in [-0.3, -0.25) is 4.79 Å². The zero-order valence-corrected chi connectivity index (χ0v) is 13.5. The fraction of sp³-hybridized carbons (Fsp3) is 0.636. The first-order valence-corrected chi connectivity index (χ1v) is 8.30. The van der Waals surface area contributed by atoms with Gasteiger partial charge in [0.2, 0.25) is 0 Å². The van der Waals surface area contributed by atoms with Crippen molar-refractivity contribution in [3.05, 3.63) is 16.1 Å². The lowest BCUT2D eigenvalue weighted by Gasteiger charge is -2.19. The first-order valence-electron chi connectivity index (χ1n) is 5.98. The molecule has 1 N–H and O–H groups in total. The van der Waals surface area contributed by atoms with Crippen molar-refractivity contribution in [3.63, 3.8) is 0 Å². The Labute approximate surface area is 123 Å². The summed E-state index contributed by atoms with van der Waals surface area (Å²) in [4.78, 5) is 15.3. The molecule has 1 aromatic heterocycles. The first kappa shape index (κ1) is 17.0. The van der Waals surface area contributed by atoms with E-state index in [4.69, 9.17) is 0 Å². The highest BCUT2D eigenvalue weighted by Gasteiger charge is 2.22. The van der Waals surface area contributed by atoms with Crippen molar-refractivity contribution in [2.75, 3.05) is 20.7 Å². The quantitative estimate of drug-likeness (QED) is 0.752. The predicted octanol–water partition coefficient (Wildman–Crippen LogP) is 0.842. The van der Waals surface area contributed by atoms with E-state index in [0.717, 1.165) is 10.00 Å². The molecule has 7 nitrogen and oxygen atoms in total. The van der Waals surface area contributed by atoms with Gasteiger partial charge in [-0.2, -0.15) is 17.4 Å². The van der Waals surface area contributed by atoms with Crippen LogP contribution in [0, 0.1) is 6.92 Å². The van der Waals surface area contributed by atoms with Gasteiger partial charge in [-0.1, -0.05) is 0 Å². The van der Waals surface area contributed by atoms with Gasteiger partial charge < -0.3 is 4.74 Å². The average Bonchev–Trinajstić information content (AvgIpc) is 2.81. The highest BCUT2D eigenvalue weighted by molar-refractivity contribution is 7.87. The molecule has 1 aromatic rings. The highest BCUT2D eigenvalue weighted by Crippen LogP contribution is 2.18. The Morgan fingerprint density at radius 3 is 2.75 bits per heavy atom. The van der Waals surface area contributed by atoms with E-state index in [1.54, 1.807) is 6.92 Å². The van der Waals surface area contributed by atoms with E-state index in [-0.39, 0.29) is 13.0 Å². The van der Waals surface area contributed by atoms with Crippen LogP contribution < -0.4 is 4.72 Å². The standard InChI is InChI=1S/C11H19N3O4S2/c1-8-7-19-11(12-8)9(2)13-20(16,17)14(3)6-5-10(15)18-4/h7,9,13H,5-6H2,1-4H3. The number of esters is 1. The number of rotatable bonds is 7. The number of carbonyl (C=O) groups excluding carboxylic acids is 1. The third-order valence-electron chi connectivity index (χ3n) is 2.60.